The maximum absolute atomic E-state index is 13.6. The maximum Gasteiger partial charge on any atom is 0.271 e. The maximum atomic E-state index is 13.6. The van der Waals surface area contributed by atoms with E-state index in [1.54, 1.807) is 6.07 Å². The summed E-state index contributed by atoms with van der Waals surface area (Å²) in [6.45, 7) is 0.923. The molecule has 7 heteroatoms. The second kappa shape index (κ2) is 7.53. The van der Waals surface area contributed by atoms with E-state index >= 15 is 0 Å². The molecular formula is C17H21FN4O2. The van der Waals surface area contributed by atoms with Gasteiger partial charge in [-0.3, -0.25) is 4.79 Å². The van der Waals surface area contributed by atoms with Gasteiger partial charge in [-0.1, -0.05) is 19.3 Å². The number of carbonyl (C=O) groups is 1. The van der Waals surface area contributed by atoms with Crippen LogP contribution in [-0.4, -0.2) is 27.9 Å². The van der Waals surface area contributed by atoms with Gasteiger partial charge in [0.05, 0.1) is 6.61 Å². The fourth-order valence-corrected chi connectivity index (χ4v) is 3.19. The van der Waals surface area contributed by atoms with Crippen molar-refractivity contribution in [2.75, 3.05) is 6.61 Å². The second-order valence-electron chi connectivity index (χ2n) is 6.21. The van der Waals surface area contributed by atoms with E-state index in [0.717, 1.165) is 0 Å². The van der Waals surface area contributed by atoms with Crippen LogP contribution in [0.2, 0.25) is 0 Å². The van der Waals surface area contributed by atoms with Crippen molar-refractivity contribution in [2.45, 2.75) is 38.7 Å². The highest BCUT2D eigenvalue weighted by Gasteiger charge is 2.19. The number of nitrogens with one attached hydrogen (secondary N) is 1. The SMILES string of the molecule is NC(=O)c1n[nH]nc1-c1ccc(F)cc1COCC1CCCCC1. The number of primary amides is 1. The van der Waals surface area contributed by atoms with E-state index in [4.69, 9.17) is 10.5 Å². The predicted octanol–water partition coefficient (Wildman–Crippen LogP) is 2.81. The molecule has 128 valence electrons. The number of rotatable bonds is 6. The zero-order valence-electron chi connectivity index (χ0n) is 13.4. The summed E-state index contributed by atoms with van der Waals surface area (Å²) in [5.41, 5.74) is 6.89. The van der Waals surface area contributed by atoms with Crippen LogP contribution in [-0.2, 0) is 11.3 Å². The van der Waals surface area contributed by atoms with Crippen molar-refractivity contribution in [2.24, 2.45) is 11.7 Å². The van der Waals surface area contributed by atoms with Crippen LogP contribution in [0.15, 0.2) is 18.2 Å². The Balaban J connectivity index is 1.75. The van der Waals surface area contributed by atoms with Crippen LogP contribution in [0.4, 0.5) is 4.39 Å². The zero-order chi connectivity index (χ0) is 16.9. The quantitative estimate of drug-likeness (QED) is 0.850. The highest BCUT2D eigenvalue weighted by atomic mass is 19.1. The Kier molecular flexibility index (Phi) is 5.20. The third-order valence-corrected chi connectivity index (χ3v) is 4.44. The first-order valence-corrected chi connectivity index (χ1v) is 8.22. The monoisotopic (exact) mass is 332 g/mol. The van der Waals surface area contributed by atoms with E-state index in [1.807, 2.05) is 0 Å². The number of amides is 1. The van der Waals surface area contributed by atoms with Gasteiger partial charge in [-0.25, -0.2) is 4.39 Å². The molecule has 1 aliphatic carbocycles. The number of ether oxygens (including phenoxy) is 1. The summed E-state index contributed by atoms with van der Waals surface area (Å²) in [6, 6.07) is 4.29. The van der Waals surface area contributed by atoms with Crippen LogP contribution in [0.5, 0.6) is 0 Å². The number of aromatic amines is 1. The largest absolute Gasteiger partial charge is 0.376 e. The van der Waals surface area contributed by atoms with Gasteiger partial charge in [0.15, 0.2) is 5.69 Å². The number of halogens is 1. The molecule has 0 bridgehead atoms. The molecule has 1 aromatic carbocycles. The van der Waals surface area contributed by atoms with Gasteiger partial charge in [0.2, 0.25) is 0 Å². The predicted molar refractivity (Wildman–Crippen MR) is 86.5 cm³/mol. The molecule has 0 spiro atoms. The summed E-state index contributed by atoms with van der Waals surface area (Å²) in [6.07, 6.45) is 6.17. The van der Waals surface area contributed by atoms with Crippen molar-refractivity contribution in [3.63, 3.8) is 0 Å². The molecule has 0 atom stereocenters. The van der Waals surface area contributed by atoms with E-state index < -0.39 is 5.91 Å². The number of benzene rings is 1. The lowest BCUT2D eigenvalue weighted by molar-refractivity contribution is 0.0740. The lowest BCUT2D eigenvalue weighted by Crippen LogP contribution is -2.14. The Labute approximate surface area is 139 Å². The Morgan fingerprint density at radius 1 is 1.29 bits per heavy atom. The fourth-order valence-electron chi connectivity index (χ4n) is 3.19. The van der Waals surface area contributed by atoms with Crippen molar-refractivity contribution < 1.29 is 13.9 Å². The molecule has 0 saturated heterocycles. The van der Waals surface area contributed by atoms with Gasteiger partial charge in [0.1, 0.15) is 11.5 Å². The van der Waals surface area contributed by atoms with Crippen molar-refractivity contribution >= 4 is 5.91 Å². The Hall–Kier alpha value is -2.28. The van der Waals surface area contributed by atoms with Crippen LogP contribution in [0.3, 0.4) is 0 Å². The van der Waals surface area contributed by atoms with Gasteiger partial charge in [0, 0.05) is 12.2 Å². The van der Waals surface area contributed by atoms with Crippen LogP contribution in [0.25, 0.3) is 11.3 Å². The normalized spacial score (nSPS) is 15.5. The van der Waals surface area contributed by atoms with E-state index in [9.17, 15) is 9.18 Å². The van der Waals surface area contributed by atoms with Gasteiger partial charge in [-0.2, -0.15) is 15.4 Å². The Morgan fingerprint density at radius 3 is 2.83 bits per heavy atom. The van der Waals surface area contributed by atoms with E-state index in [0.29, 0.717) is 29.3 Å². The van der Waals surface area contributed by atoms with E-state index in [2.05, 4.69) is 15.4 Å². The van der Waals surface area contributed by atoms with E-state index in [-0.39, 0.29) is 18.1 Å². The first kappa shape index (κ1) is 16.6. The number of hydrogen-bond acceptors (Lipinski definition) is 4. The number of hydrogen-bond donors (Lipinski definition) is 2. The minimum absolute atomic E-state index is 0.0372. The molecule has 0 radical (unpaired) electrons. The molecule has 1 amide bonds. The molecule has 1 saturated carbocycles. The summed E-state index contributed by atoms with van der Waals surface area (Å²) in [5.74, 6) is -0.472. The van der Waals surface area contributed by atoms with E-state index in [1.165, 1.54) is 44.2 Å². The number of nitrogens with two attached hydrogens (primary N) is 1. The van der Waals surface area contributed by atoms with Crippen LogP contribution >= 0.6 is 0 Å². The van der Waals surface area contributed by atoms with Crippen molar-refractivity contribution in [3.8, 4) is 11.3 Å². The molecule has 1 aromatic heterocycles. The summed E-state index contributed by atoms with van der Waals surface area (Å²) < 4.78 is 19.5. The highest BCUT2D eigenvalue weighted by molar-refractivity contribution is 5.97. The van der Waals surface area contributed by atoms with Crippen LogP contribution in [0.1, 0.15) is 48.2 Å². The van der Waals surface area contributed by atoms with Crippen LogP contribution in [0, 0.1) is 11.7 Å². The molecule has 6 nitrogen and oxygen atoms in total. The third-order valence-electron chi connectivity index (χ3n) is 4.44. The molecular weight excluding hydrogens is 311 g/mol. The molecule has 24 heavy (non-hydrogen) atoms. The second-order valence-corrected chi connectivity index (χ2v) is 6.21. The summed E-state index contributed by atoms with van der Waals surface area (Å²) in [5, 5.41) is 10.1. The van der Waals surface area contributed by atoms with Crippen molar-refractivity contribution in [1.29, 1.82) is 0 Å². The minimum atomic E-state index is -0.683. The lowest BCUT2D eigenvalue weighted by atomic mass is 9.90. The standard InChI is InChI=1S/C17H21FN4O2/c18-13-6-7-14(15-16(17(19)23)21-22-20-15)12(8-13)10-24-9-11-4-2-1-3-5-11/h6-8,11H,1-5,9-10H2,(H2,19,23)(H,20,21,22). The average Bonchev–Trinajstić information content (AvgIpc) is 3.06. The van der Waals surface area contributed by atoms with Gasteiger partial charge in [-0.05, 0) is 42.5 Å². The number of H-pyrrole nitrogens is 1. The molecule has 1 heterocycles. The number of aromatic nitrogens is 3. The minimum Gasteiger partial charge on any atom is -0.376 e. The average molecular weight is 332 g/mol. The van der Waals surface area contributed by atoms with Gasteiger partial charge in [0.25, 0.3) is 5.91 Å². The van der Waals surface area contributed by atoms with Crippen molar-refractivity contribution in [1.82, 2.24) is 15.4 Å². The molecule has 0 aliphatic heterocycles. The molecule has 1 fully saturated rings. The Bertz CT molecular complexity index is 710. The van der Waals surface area contributed by atoms with Crippen molar-refractivity contribution in [3.05, 3.63) is 35.3 Å². The van der Waals surface area contributed by atoms with Gasteiger partial charge < -0.3 is 10.5 Å². The number of carbonyl (C=O) groups excluding carboxylic acids is 1. The van der Waals surface area contributed by atoms with Gasteiger partial charge >= 0.3 is 0 Å². The summed E-state index contributed by atoms with van der Waals surface area (Å²) in [7, 11) is 0. The zero-order valence-corrected chi connectivity index (χ0v) is 13.4. The molecule has 3 rings (SSSR count). The first-order chi connectivity index (χ1) is 11.6. The summed E-state index contributed by atoms with van der Waals surface area (Å²) >= 11 is 0. The summed E-state index contributed by atoms with van der Waals surface area (Å²) in [4.78, 5) is 11.4. The molecule has 0 unspecified atom stereocenters. The Morgan fingerprint density at radius 2 is 2.08 bits per heavy atom. The smallest absolute Gasteiger partial charge is 0.271 e. The lowest BCUT2D eigenvalue weighted by Gasteiger charge is -2.21. The molecule has 2 aromatic rings. The highest BCUT2D eigenvalue weighted by Crippen LogP contribution is 2.27. The third kappa shape index (κ3) is 3.79. The number of nitrogens with zero attached hydrogens (tertiary/aromatic N) is 2. The molecule has 3 N–H and O–H groups in total. The first-order valence-electron chi connectivity index (χ1n) is 8.22. The van der Waals surface area contributed by atoms with Crippen LogP contribution < -0.4 is 5.73 Å². The topological polar surface area (TPSA) is 93.9 Å². The van der Waals surface area contributed by atoms with Gasteiger partial charge in [-0.15, -0.1) is 0 Å². The molecule has 1 aliphatic rings. The fraction of sp³-hybridized carbons (Fsp3) is 0.471.